The van der Waals surface area contributed by atoms with Crippen molar-refractivity contribution >= 4 is 17.7 Å². The predicted molar refractivity (Wildman–Crippen MR) is 105 cm³/mol. The fraction of sp³-hybridized carbons (Fsp3) is 0.250. The number of benzene rings is 2. The topological polar surface area (TPSA) is 51.0 Å². The monoisotopic (exact) mass is 366 g/mol. The number of para-hydroxylation sites is 1. The third-order valence-electron chi connectivity index (χ3n) is 4.14. The Bertz CT molecular complexity index is 905. The minimum atomic E-state index is -0.377. The molecule has 0 radical (unpaired) electrons. The van der Waals surface area contributed by atoms with Crippen LogP contribution in [-0.2, 0) is 4.79 Å². The Labute approximate surface area is 158 Å². The van der Waals surface area contributed by atoms with Crippen LogP contribution in [0, 0.1) is 13.8 Å². The van der Waals surface area contributed by atoms with Gasteiger partial charge in [0.2, 0.25) is 5.91 Å². The first-order chi connectivity index (χ1) is 12.5. The summed E-state index contributed by atoms with van der Waals surface area (Å²) in [5.41, 5.74) is 3.11. The highest BCUT2D eigenvalue weighted by Crippen LogP contribution is 2.37. The van der Waals surface area contributed by atoms with E-state index in [2.05, 4.69) is 23.2 Å². The number of thioether (sulfide) groups is 1. The van der Waals surface area contributed by atoms with Crippen molar-refractivity contribution < 1.29 is 4.79 Å². The van der Waals surface area contributed by atoms with Gasteiger partial charge in [-0.25, -0.2) is 0 Å². The lowest BCUT2D eigenvalue weighted by Gasteiger charge is -2.21. The zero-order chi connectivity index (χ0) is 18.7. The summed E-state index contributed by atoms with van der Waals surface area (Å²) in [4.78, 5) is 14.4. The van der Waals surface area contributed by atoms with Gasteiger partial charge in [0.1, 0.15) is 11.1 Å². The van der Waals surface area contributed by atoms with Gasteiger partial charge in [-0.15, -0.1) is 10.2 Å². The SMILES string of the molecule is Cc1ccccc1-n1c(C)nnc1SC(C(=O)N(C)C)c1ccccc1. The van der Waals surface area contributed by atoms with Crippen LogP contribution in [0.15, 0.2) is 59.8 Å². The molecule has 0 saturated heterocycles. The third kappa shape index (κ3) is 3.65. The standard InChI is InChI=1S/C20H22N4OS/c1-14-10-8-9-13-17(14)24-15(2)21-22-20(24)26-18(19(25)23(3)4)16-11-6-5-7-12-16/h5-13,18H,1-4H3. The van der Waals surface area contributed by atoms with Crippen LogP contribution in [0.4, 0.5) is 0 Å². The first-order valence-corrected chi connectivity index (χ1v) is 9.28. The molecule has 0 spiro atoms. The van der Waals surface area contributed by atoms with E-state index in [9.17, 15) is 4.79 Å². The van der Waals surface area contributed by atoms with Gasteiger partial charge in [-0.3, -0.25) is 9.36 Å². The molecular weight excluding hydrogens is 344 g/mol. The first-order valence-electron chi connectivity index (χ1n) is 8.40. The third-order valence-corrected chi connectivity index (χ3v) is 5.33. The summed E-state index contributed by atoms with van der Waals surface area (Å²) in [6.07, 6.45) is 0. The van der Waals surface area contributed by atoms with Gasteiger partial charge in [0.25, 0.3) is 0 Å². The van der Waals surface area contributed by atoms with Crippen molar-refractivity contribution in [1.82, 2.24) is 19.7 Å². The summed E-state index contributed by atoms with van der Waals surface area (Å²) in [6.45, 7) is 3.98. The number of carbonyl (C=O) groups excluding carboxylic acids is 1. The molecule has 3 aromatic rings. The van der Waals surface area contributed by atoms with E-state index in [1.165, 1.54) is 11.8 Å². The van der Waals surface area contributed by atoms with Crippen LogP contribution >= 0.6 is 11.8 Å². The maximum absolute atomic E-state index is 12.8. The van der Waals surface area contributed by atoms with Gasteiger partial charge < -0.3 is 4.90 Å². The molecule has 1 heterocycles. The number of aromatic nitrogens is 3. The Balaban J connectivity index is 2.04. The van der Waals surface area contributed by atoms with Crippen molar-refractivity contribution in [2.24, 2.45) is 0 Å². The summed E-state index contributed by atoms with van der Waals surface area (Å²) < 4.78 is 2.01. The van der Waals surface area contributed by atoms with Gasteiger partial charge in [-0.2, -0.15) is 0 Å². The van der Waals surface area contributed by atoms with Crippen LogP contribution in [0.5, 0.6) is 0 Å². The molecule has 5 nitrogen and oxygen atoms in total. The number of hydrogen-bond acceptors (Lipinski definition) is 4. The molecule has 0 saturated carbocycles. The highest BCUT2D eigenvalue weighted by Gasteiger charge is 2.27. The van der Waals surface area contributed by atoms with E-state index in [1.54, 1.807) is 19.0 Å². The van der Waals surface area contributed by atoms with E-state index in [-0.39, 0.29) is 11.2 Å². The van der Waals surface area contributed by atoms with Crippen LogP contribution in [0.3, 0.4) is 0 Å². The Morgan fingerprint density at radius 2 is 1.65 bits per heavy atom. The lowest BCUT2D eigenvalue weighted by molar-refractivity contribution is -0.128. The van der Waals surface area contributed by atoms with Crippen molar-refractivity contribution in [3.8, 4) is 5.69 Å². The van der Waals surface area contributed by atoms with Crippen molar-refractivity contribution in [3.63, 3.8) is 0 Å². The molecule has 134 valence electrons. The van der Waals surface area contributed by atoms with E-state index in [0.29, 0.717) is 5.16 Å². The molecular formula is C20H22N4OS. The average molecular weight is 366 g/mol. The molecule has 1 atom stereocenters. The van der Waals surface area contributed by atoms with E-state index >= 15 is 0 Å². The van der Waals surface area contributed by atoms with Gasteiger partial charge in [0, 0.05) is 14.1 Å². The zero-order valence-electron chi connectivity index (χ0n) is 15.4. The second-order valence-corrected chi connectivity index (χ2v) is 7.37. The minimum Gasteiger partial charge on any atom is -0.348 e. The normalized spacial score (nSPS) is 12.0. The smallest absolute Gasteiger partial charge is 0.240 e. The largest absolute Gasteiger partial charge is 0.348 e. The van der Waals surface area contributed by atoms with E-state index in [4.69, 9.17) is 0 Å². The Hall–Kier alpha value is -2.60. The number of aryl methyl sites for hydroxylation is 2. The van der Waals surface area contributed by atoms with E-state index < -0.39 is 0 Å². The molecule has 6 heteroatoms. The summed E-state index contributed by atoms with van der Waals surface area (Å²) >= 11 is 1.43. The predicted octanol–water partition coefficient (Wildman–Crippen LogP) is 3.81. The lowest BCUT2D eigenvalue weighted by atomic mass is 10.1. The van der Waals surface area contributed by atoms with Crippen LogP contribution < -0.4 is 0 Å². The fourth-order valence-electron chi connectivity index (χ4n) is 2.74. The molecule has 3 rings (SSSR count). The molecule has 1 amide bonds. The number of nitrogens with zero attached hydrogens (tertiary/aromatic N) is 4. The van der Waals surface area contributed by atoms with E-state index in [1.807, 2.05) is 60.0 Å². The Kier molecular flexibility index (Phi) is 5.42. The summed E-state index contributed by atoms with van der Waals surface area (Å²) in [6, 6.07) is 17.9. The first kappa shape index (κ1) is 18.2. The van der Waals surface area contributed by atoms with Gasteiger partial charge in [0.05, 0.1) is 5.69 Å². The van der Waals surface area contributed by atoms with Gasteiger partial charge in [0.15, 0.2) is 5.16 Å². The number of rotatable bonds is 5. The Morgan fingerprint density at radius 1 is 1.00 bits per heavy atom. The number of carbonyl (C=O) groups is 1. The average Bonchev–Trinajstić information content (AvgIpc) is 3.00. The van der Waals surface area contributed by atoms with Crippen LogP contribution in [0.1, 0.15) is 22.2 Å². The number of hydrogen-bond donors (Lipinski definition) is 0. The summed E-state index contributed by atoms with van der Waals surface area (Å²) in [5, 5.41) is 8.93. The highest BCUT2D eigenvalue weighted by molar-refractivity contribution is 8.00. The molecule has 0 N–H and O–H groups in total. The maximum Gasteiger partial charge on any atom is 0.240 e. The van der Waals surface area contributed by atoms with Crippen molar-refractivity contribution in [1.29, 1.82) is 0 Å². The molecule has 2 aromatic carbocycles. The number of amides is 1. The highest BCUT2D eigenvalue weighted by atomic mass is 32.2. The van der Waals surface area contributed by atoms with Gasteiger partial charge in [-0.1, -0.05) is 60.3 Å². The molecule has 26 heavy (non-hydrogen) atoms. The van der Waals surface area contributed by atoms with Crippen LogP contribution in [0.2, 0.25) is 0 Å². The molecule has 1 unspecified atom stereocenters. The quantitative estimate of drug-likeness (QED) is 0.645. The molecule has 0 bridgehead atoms. The Morgan fingerprint density at radius 3 is 2.31 bits per heavy atom. The zero-order valence-corrected chi connectivity index (χ0v) is 16.2. The summed E-state index contributed by atoms with van der Waals surface area (Å²) in [5.74, 6) is 0.823. The second kappa shape index (κ2) is 7.74. The van der Waals surface area contributed by atoms with Crippen molar-refractivity contribution in [2.45, 2.75) is 24.3 Å². The van der Waals surface area contributed by atoms with Gasteiger partial charge >= 0.3 is 0 Å². The molecule has 0 aliphatic heterocycles. The van der Waals surface area contributed by atoms with Crippen LogP contribution in [-0.4, -0.2) is 39.7 Å². The molecule has 0 fully saturated rings. The molecule has 1 aromatic heterocycles. The van der Waals surface area contributed by atoms with Gasteiger partial charge in [-0.05, 0) is 31.0 Å². The maximum atomic E-state index is 12.8. The summed E-state index contributed by atoms with van der Waals surface area (Å²) in [7, 11) is 3.55. The molecule has 0 aliphatic carbocycles. The lowest BCUT2D eigenvalue weighted by Crippen LogP contribution is -2.27. The van der Waals surface area contributed by atoms with E-state index in [0.717, 1.165) is 22.6 Å². The minimum absolute atomic E-state index is 0.0261. The molecule has 0 aliphatic rings. The van der Waals surface area contributed by atoms with Crippen LogP contribution in [0.25, 0.3) is 5.69 Å². The fourth-order valence-corrected chi connectivity index (χ4v) is 3.98. The van der Waals surface area contributed by atoms with Crippen molar-refractivity contribution in [3.05, 3.63) is 71.5 Å². The second-order valence-electron chi connectivity index (χ2n) is 6.29. The number of likely N-dealkylation sites (N-methyl/N-ethyl adjacent to an activating group) is 1. The van der Waals surface area contributed by atoms with Crippen molar-refractivity contribution in [2.75, 3.05) is 14.1 Å².